The number of nitrogens with two attached hydrogens (primary N) is 1. The Balaban J connectivity index is 1.81. The molecule has 0 saturated heterocycles. The van der Waals surface area contributed by atoms with Crippen LogP contribution in [0.5, 0.6) is 0 Å². The molecule has 0 amide bonds. The van der Waals surface area contributed by atoms with Crippen molar-refractivity contribution in [3.8, 4) is 0 Å². The Labute approximate surface area is 109 Å². The van der Waals surface area contributed by atoms with Crippen molar-refractivity contribution in [1.29, 1.82) is 0 Å². The summed E-state index contributed by atoms with van der Waals surface area (Å²) >= 11 is 0. The van der Waals surface area contributed by atoms with Crippen LogP contribution in [0.1, 0.15) is 32.3 Å². The zero-order valence-corrected chi connectivity index (χ0v) is 11.2. The van der Waals surface area contributed by atoms with Gasteiger partial charge in [-0.25, -0.2) is 4.39 Å². The summed E-state index contributed by atoms with van der Waals surface area (Å²) in [5.74, 6) is 0.565. The van der Waals surface area contributed by atoms with E-state index in [1.807, 2.05) is 12.1 Å². The predicted octanol–water partition coefficient (Wildman–Crippen LogP) is 2.43. The van der Waals surface area contributed by atoms with Crippen LogP contribution in [0, 0.1) is 11.7 Å². The molecule has 1 saturated carbocycles. The lowest BCUT2D eigenvalue weighted by molar-refractivity contribution is 0.251. The van der Waals surface area contributed by atoms with Crippen LogP contribution in [-0.2, 0) is 5.41 Å². The number of nitrogens with one attached hydrogen (secondary N) is 1. The molecule has 2 nitrogen and oxygen atoms in total. The first-order valence-corrected chi connectivity index (χ1v) is 6.70. The Morgan fingerprint density at radius 2 is 1.89 bits per heavy atom. The molecule has 3 heteroatoms. The molecule has 1 aromatic carbocycles. The number of rotatable bonds is 5. The molecule has 1 aliphatic rings. The summed E-state index contributed by atoms with van der Waals surface area (Å²) in [4.78, 5) is 0. The van der Waals surface area contributed by atoms with Gasteiger partial charge in [-0.2, -0.15) is 0 Å². The van der Waals surface area contributed by atoms with E-state index in [-0.39, 0.29) is 11.2 Å². The van der Waals surface area contributed by atoms with Crippen molar-refractivity contribution in [2.45, 2.75) is 38.1 Å². The summed E-state index contributed by atoms with van der Waals surface area (Å²) in [7, 11) is 0. The Morgan fingerprint density at radius 3 is 2.44 bits per heavy atom. The third-order valence-corrected chi connectivity index (χ3v) is 3.90. The van der Waals surface area contributed by atoms with Crippen molar-refractivity contribution in [2.24, 2.45) is 11.7 Å². The second kappa shape index (κ2) is 5.37. The quantitative estimate of drug-likeness (QED) is 0.842. The smallest absolute Gasteiger partial charge is 0.123 e. The van der Waals surface area contributed by atoms with E-state index in [4.69, 9.17) is 5.73 Å². The minimum atomic E-state index is -0.175. The molecule has 0 heterocycles. The highest BCUT2D eigenvalue weighted by Crippen LogP contribution is 2.26. The first-order valence-electron chi connectivity index (χ1n) is 6.70. The molecule has 0 radical (unpaired) electrons. The minimum absolute atomic E-state index is 0.0273. The summed E-state index contributed by atoms with van der Waals surface area (Å²) in [6.45, 7) is 6.31. The number of hydrogen-bond acceptors (Lipinski definition) is 2. The van der Waals surface area contributed by atoms with Gasteiger partial charge in [0.1, 0.15) is 5.82 Å². The average Bonchev–Trinajstić information content (AvgIpc) is 2.27. The van der Waals surface area contributed by atoms with E-state index >= 15 is 0 Å². The van der Waals surface area contributed by atoms with E-state index in [0.29, 0.717) is 6.04 Å². The third kappa shape index (κ3) is 3.30. The molecule has 0 aliphatic heterocycles. The predicted molar refractivity (Wildman–Crippen MR) is 73.0 cm³/mol. The lowest BCUT2D eigenvalue weighted by atomic mass is 9.80. The van der Waals surface area contributed by atoms with Crippen LogP contribution < -0.4 is 11.1 Å². The number of halogens is 1. The topological polar surface area (TPSA) is 38.0 Å². The third-order valence-electron chi connectivity index (χ3n) is 3.90. The van der Waals surface area contributed by atoms with Gasteiger partial charge in [0.2, 0.25) is 0 Å². The number of benzene rings is 1. The van der Waals surface area contributed by atoms with Crippen molar-refractivity contribution < 1.29 is 4.39 Å². The summed E-state index contributed by atoms with van der Waals surface area (Å²) in [5.41, 5.74) is 6.96. The first kappa shape index (κ1) is 13.5. The zero-order valence-electron chi connectivity index (χ0n) is 11.2. The molecule has 18 heavy (non-hydrogen) atoms. The highest BCUT2D eigenvalue weighted by Gasteiger charge is 2.26. The lowest BCUT2D eigenvalue weighted by Gasteiger charge is -2.34. The lowest BCUT2D eigenvalue weighted by Crippen LogP contribution is -2.43. The summed E-state index contributed by atoms with van der Waals surface area (Å²) in [6, 6.07) is 7.22. The molecule has 0 spiro atoms. The van der Waals surface area contributed by atoms with Crippen molar-refractivity contribution in [3.05, 3.63) is 35.6 Å². The van der Waals surface area contributed by atoms with E-state index < -0.39 is 0 Å². The standard InChI is InChI=1S/C15H23FN2/c1-15(2,12-3-5-13(16)6-4-12)10-18-9-11-7-14(17)8-11/h3-6,11,14,18H,7-10,17H2,1-2H3. The SMILES string of the molecule is CC(C)(CNCC1CC(N)C1)c1ccc(F)cc1. The fourth-order valence-electron chi connectivity index (χ4n) is 2.55. The fourth-order valence-corrected chi connectivity index (χ4v) is 2.55. The number of hydrogen-bond donors (Lipinski definition) is 2. The van der Waals surface area contributed by atoms with Gasteiger partial charge in [-0.1, -0.05) is 26.0 Å². The molecule has 0 bridgehead atoms. The molecule has 1 fully saturated rings. The van der Waals surface area contributed by atoms with Crippen LogP contribution >= 0.6 is 0 Å². The molecule has 0 aromatic heterocycles. The van der Waals surface area contributed by atoms with Gasteiger partial charge in [0.05, 0.1) is 0 Å². The highest BCUT2D eigenvalue weighted by molar-refractivity contribution is 5.24. The summed E-state index contributed by atoms with van der Waals surface area (Å²) < 4.78 is 12.9. The molecule has 0 atom stereocenters. The Morgan fingerprint density at radius 1 is 1.28 bits per heavy atom. The van der Waals surface area contributed by atoms with E-state index in [2.05, 4.69) is 19.2 Å². The van der Waals surface area contributed by atoms with Crippen LogP contribution in [0.4, 0.5) is 4.39 Å². The van der Waals surface area contributed by atoms with Crippen molar-refractivity contribution >= 4 is 0 Å². The second-order valence-corrected chi connectivity index (χ2v) is 6.12. The summed E-state index contributed by atoms with van der Waals surface area (Å²) in [6.07, 6.45) is 2.29. The maximum atomic E-state index is 12.9. The average molecular weight is 250 g/mol. The first-order chi connectivity index (χ1) is 8.47. The molecular formula is C15H23FN2. The highest BCUT2D eigenvalue weighted by atomic mass is 19.1. The molecule has 100 valence electrons. The second-order valence-electron chi connectivity index (χ2n) is 6.12. The fraction of sp³-hybridized carbons (Fsp3) is 0.600. The minimum Gasteiger partial charge on any atom is -0.328 e. The molecule has 1 aliphatic carbocycles. The van der Waals surface area contributed by atoms with E-state index in [1.54, 1.807) is 0 Å². The van der Waals surface area contributed by atoms with Crippen LogP contribution in [0.25, 0.3) is 0 Å². The zero-order chi connectivity index (χ0) is 13.2. The van der Waals surface area contributed by atoms with Crippen LogP contribution in [-0.4, -0.2) is 19.1 Å². The van der Waals surface area contributed by atoms with E-state index in [1.165, 1.54) is 17.7 Å². The van der Waals surface area contributed by atoms with Gasteiger partial charge in [-0.15, -0.1) is 0 Å². The Kier molecular flexibility index (Phi) is 4.03. The monoisotopic (exact) mass is 250 g/mol. The van der Waals surface area contributed by atoms with Gasteiger partial charge in [-0.3, -0.25) is 0 Å². The van der Waals surface area contributed by atoms with Crippen LogP contribution in [0.2, 0.25) is 0 Å². The Hall–Kier alpha value is -0.930. The van der Waals surface area contributed by atoms with Crippen LogP contribution in [0.3, 0.4) is 0 Å². The van der Waals surface area contributed by atoms with Crippen molar-refractivity contribution in [3.63, 3.8) is 0 Å². The van der Waals surface area contributed by atoms with Gasteiger partial charge >= 0.3 is 0 Å². The maximum Gasteiger partial charge on any atom is 0.123 e. The van der Waals surface area contributed by atoms with Gasteiger partial charge in [0, 0.05) is 18.0 Å². The molecule has 1 aromatic rings. The maximum absolute atomic E-state index is 12.9. The molecule has 0 unspecified atom stereocenters. The largest absolute Gasteiger partial charge is 0.328 e. The molecule has 2 rings (SSSR count). The van der Waals surface area contributed by atoms with Gasteiger partial charge in [-0.05, 0) is 43.0 Å². The molecular weight excluding hydrogens is 227 g/mol. The van der Waals surface area contributed by atoms with Crippen molar-refractivity contribution in [2.75, 3.05) is 13.1 Å². The van der Waals surface area contributed by atoms with Gasteiger partial charge in [0.25, 0.3) is 0 Å². The van der Waals surface area contributed by atoms with Gasteiger partial charge < -0.3 is 11.1 Å². The van der Waals surface area contributed by atoms with Gasteiger partial charge in [0.15, 0.2) is 0 Å². The van der Waals surface area contributed by atoms with E-state index in [9.17, 15) is 4.39 Å². The van der Waals surface area contributed by atoms with Crippen molar-refractivity contribution in [1.82, 2.24) is 5.32 Å². The van der Waals surface area contributed by atoms with E-state index in [0.717, 1.165) is 31.8 Å². The normalized spacial score (nSPS) is 23.8. The molecule has 3 N–H and O–H groups in total. The van der Waals surface area contributed by atoms with Crippen LogP contribution in [0.15, 0.2) is 24.3 Å². The summed E-state index contributed by atoms with van der Waals surface area (Å²) in [5, 5.41) is 3.51. The Bertz CT molecular complexity index is 380.